The van der Waals surface area contributed by atoms with Crippen LogP contribution in [0.2, 0.25) is 0 Å². The van der Waals surface area contributed by atoms with Crippen molar-refractivity contribution in [1.82, 2.24) is 9.38 Å². The van der Waals surface area contributed by atoms with Gasteiger partial charge in [0.05, 0.1) is 0 Å². The number of imidazole rings is 1. The van der Waals surface area contributed by atoms with E-state index in [-0.39, 0.29) is 6.10 Å². The summed E-state index contributed by atoms with van der Waals surface area (Å²) in [4.78, 5) is 16.2. The van der Waals surface area contributed by atoms with Crippen molar-refractivity contribution >= 4 is 28.3 Å². The molecule has 0 aliphatic heterocycles. The second kappa shape index (κ2) is 6.52. The standard InChI is InChI=1S/C16H20N2O3S/c1-2-11-5-3-4-6-13(11)21-15-12(7-8-14(19)20)18-9-10-22-16(18)17-15/h7-11,13H,2-6H2,1H3,(H,19,20). The fourth-order valence-corrected chi connectivity index (χ4v) is 3.82. The fraction of sp³-hybridized carbons (Fsp3) is 0.500. The van der Waals surface area contributed by atoms with E-state index in [0.29, 0.717) is 17.5 Å². The van der Waals surface area contributed by atoms with Gasteiger partial charge < -0.3 is 9.84 Å². The monoisotopic (exact) mass is 320 g/mol. The fourth-order valence-electron chi connectivity index (χ4n) is 3.11. The SMILES string of the molecule is CCC1CCCCC1Oc1nc2sccn2c1C=CC(=O)O. The lowest BCUT2D eigenvalue weighted by molar-refractivity contribution is -0.131. The Labute approximate surface area is 133 Å². The van der Waals surface area contributed by atoms with Gasteiger partial charge in [0.2, 0.25) is 5.88 Å². The van der Waals surface area contributed by atoms with Crippen molar-refractivity contribution in [3.05, 3.63) is 23.3 Å². The van der Waals surface area contributed by atoms with Crippen LogP contribution in [-0.2, 0) is 4.79 Å². The van der Waals surface area contributed by atoms with Crippen molar-refractivity contribution < 1.29 is 14.6 Å². The molecule has 6 heteroatoms. The maximum Gasteiger partial charge on any atom is 0.328 e. The molecule has 5 nitrogen and oxygen atoms in total. The molecule has 118 valence electrons. The molecule has 0 amide bonds. The minimum atomic E-state index is -0.972. The molecule has 2 atom stereocenters. The van der Waals surface area contributed by atoms with E-state index in [1.54, 1.807) is 6.08 Å². The quantitative estimate of drug-likeness (QED) is 0.850. The minimum absolute atomic E-state index is 0.181. The third-order valence-corrected chi connectivity index (χ3v) is 5.03. The van der Waals surface area contributed by atoms with Gasteiger partial charge in [0.25, 0.3) is 0 Å². The van der Waals surface area contributed by atoms with Crippen molar-refractivity contribution in [2.75, 3.05) is 0 Å². The third kappa shape index (κ3) is 3.02. The van der Waals surface area contributed by atoms with Gasteiger partial charge in [-0.3, -0.25) is 4.40 Å². The van der Waals surface area contributed by atoms with Gasteiger partial charge in [-0.25, -0.2) is 4.79 Å². The molecule has 3 rings (SSSR count). The van der Waals surface area contributed by atoms with Crippen LogP contribution in [0.3, 0.4) is 0 Å². The van der Waals surface area contributed by atoms with Crippen molar-refractivity contribution in [2.24, 2.45) is 5.92 Å². The number of nitrogens with zero attached hydrogens (tertiary/aromatic N) is 2. The van der Waals surface area contributed by atoms with Gasteiger partial charge in [-0.2, -0.15) is 4.98 Å². The Morgan fingerprint density at radius 1 is 1.55 bits per heavy atom. The van der Waals surface area contributed by atoms with E-state index in [1.165, 1.54) is 30.6 Å². The summed E-state index contributed by atoms with van der Waals surface area (Å²) in [6.07, 6.45) is 10.6. The molecule has 2 unspecified atom stereocenters. The van der Waals surface area contributed by atoms with Crippen LogP contribution < -0.4 is 4.74 Å². The van der Waals surface area contributed by atoms with E-state index in [2.05, 4.69) is 11.9 Å². The summed E-state index contributed by atoms with van der Waals surface area (Å²) in [5.41, 5.74) is 0.707. The highest BCUT2D eigenvalue weighted by atomic mass is 32.1. The molecule has 0 spiro atoms. The van der Waals surface area contributed by atoms with Crippen LogP contribution in [0.1, 0.15) is 44.7 Å². The number of carboxylic acid groups (broad SMARTS) is 1. The highest BCUT2D eigenvalue weighted by Crippen LogP contribution is 2.32. The number of thiazole rings is 1. The number of hydrogen-bond acceptors (Lipinski definition) is 4. The van der Waals surface area contributed by atoms with E-state index in [1.807, 2.05) is 16.0 Å². The average Bonchev–Trinajstić information content (AvgIpc) is 3.07. The van der Waals surface area contributed by atoms with E-state index in [4.69, 9.17) is 9.84 Å². The van der Waals surface area contributed by atoms with Gasteiger partial charge in [-0.15, -0.1) is 11.3 Å². The van der Waals surface area contributed by atoms with Gasteiger partial charge in [-0.05, 0) is 37.7 Å². The van der Waals surface area contributed by atoms with Crippen LogP contribution >= 0.6 is 11.3 Å². The third-order valence-electron chi connectivity index (χ3n) is 4.28. The Morgan fingerprint density at radius 3 is 3.14 bits per heavy atom. The summed E-state index contributed by atoms with van der Waals surface area (Å²) >= 11 is 1.52. The van der Waals surface area contributed by atoms with E-state index in [9.17, 15) is 4.79 Å². The number of carboxylic acids is 1. The van der Waals surface area contributed by atoms with Crippen LogP contribution in [0.4, 0.5) is 0 Å². The predicted molar refractivity (Wildman–Crippen MR) is 86.4 cm³/mol. The number of carbonyl (C=O) groups is 1. The van der Waals surface area contributed by atoms with Crippen molar-refractivity contribution in [3.63, 3.8) is 0 Å². The Bertz CT molecular complexity index is 689. The summed E-state index contributed by atoms with van der Waals surface area (Å²) in [5.74, 6) is 0.139. The summed E-state index contributed by atoms with van der Waals surface area (Å²) in [5, 5.41) is 10.8. The first-order valence-electron chi connectivity index (χ1n) is 7.72. The molecule has 2 heterocycles. The van der Waals surface area contributed by atoms with E-state index >= 15 is 0 Å². The van der Waals surface area contributed by atoms with Crippen molar-refractivity contribution in [3.8, 4) is 5.88 Å². The number of fused-ring (bicyclic) bond motifs is 1. The van der Waals surface area contributed by atoms with Gasteiger partial charge in [0, 0.05) is 17.7 Å². The van der Waals surface area contributed by atoms with Gasteiger partial charge in [0.1, 0.15) is 11.8 Å². The lowest BCUT2D eigenvalue weighted by atomic mass is 9.85. The highest BCUT2D eigenvalue weighted by Gasteiger charge is 2.27. The largest absolute Gasteiger partial charge is 0.478 e. The zero-order valence-electron chi connectivity index (χ0n) is 12.6. The molecule has 2 aromatic heterocycles. The zero-order valence-corrected chi connectivity index (χ0v) is 13.4. The zero-order chi connectivity index (χ0) is 15.5. The van der Waals surface area contributed by atoms with Crippen LogP contribution in [-0.4, -0.2) is 26.6 Å². The smallest absolute Gasteiger partial charge is 0.328 e. The van der Waals surface area contributed by atoms with Crippen molar-refractivity contribution in [2.45, 2.75) is 45.1 Å². The molecular weight excluding hydrogens is 300 g/mol. The van der Waals surface area contributed by atoms with Crippen LogP contribution in [0.15, 0.2) is 17.7 Å². The lowest BCUT2D eigenvalue weighted by Gasteiger charge is -2.30. The summed E-state index contributed by atoms with van der Waals surface area (Å²) in [6.45, 7) is 2.20. The molecule has 1 aliphatic rings. The molecular formula is C16H20N2O3S. The summed E-state index contributed by atoms with van der Waals surface area (Å²) in [7, 11) is 0. The molecule has 0 saturated heterocycles. The molecule has 2 aromatic rings. The second-order valence-corrected chi connectivity index (χ2v) is 6.51. The highest BCUT2D eigenvalue weighted by molar-refractivity contribution is 7.15. The first-order valence-corrected chi connectivity index (χ1v) is 8.60. The number of ether oxygens (including phenoxy) is 1. The predicted octanol–water partition coefficient (Wildman–Crippen LogP) is 3.84. The Balaban J connectivity index is 1.90. The van der Waals surface area contributed by atoms with Crippen LogP contribution in [0.25, 0.3) is 11.0 Å². The molecule has 1 N–H and O–H groups in total. The maximum atomic E-state index is 10.8. The molecule has 1 fully saturated rings. The first-order chi connectivity index (χ1) is 10.7. The van der Waals surface area contributed by atoms with Crippen molar-refractivity contribution in [1.29, 1.82) is 0 Å². The Kier molecular flexibility index (Phi) is 4.47. The summed E-state index contributed by atoms with van der Waals surface area (Å²) < 4.78 is 8.07. The lowest BCUT2D eigenvalue weighted by Crippen LogP contribution is -2.30. The first kappa shape index (κ1) is 15.1. The van der Waals surface area contributed by atoms with Crippen LogP contribution in [0.5, 0.6) is 5.88 Å². The second-order valence-electron chi connectivity index (χ2n) is 5.64. The van der Waals surface area contributed by atoms with E-state index in [0.717, 1.165) is 23.9 Å². The van der Waals surface area contributed by atoms with Gasteiger partial charge in [0.15, 0.2) is 4.96 Å². The Hall–Kier alpha value is -1.82. The van der Waals surface area contributed by atoms with E-state index < -0.39 is 5.97 Å². The molecule has 0 bridgehead atoms. The van der Waals surface area contributed by atoms with Crippen LogP contribution in [0, 0.1) is 5.92 Å². The molecule has 22 heavy (non-hydrogen) atoms. The maximum absolute atomic E-state index is 10.8. The van der Waals surface area contributed by atoms with Gasteiger partial charge in [-0.1, -0.05) is 13.3 Å². The van der Waals surface area contributed by atoms with Gasteiger partial charge >= 0.3 is 5.97 Å². The molecule has 0 radical (unpaired) electrons. The number of hydrogen-bond donors (Lipinski definition) is 1. The number of aromatic nitrogens is 2. The topological polar surface area (TPSA) is 63.8 Å². The number of aliphatic carboxylic acids is 1. The Morgan fingerprint density at radius 2 is 2.36 bits per heavy atom. The summed E-state index contributed by atoms with van der Waals surface area (Å²) in [6, 6.07) is 0. The number of rotatable bonds is 5. The average molecular weight is 320 g/mol. The minimum Gasteiger partial charge on any atom is -0.478 e. The molecule has 1 saturated carbocycles. The molecule has 0 aromatic carbocycles. The molecule has 1 aliphatic carbocycles. The normalized spacial score (nSPS) is 22.4.